The maximum absolute atomic E-state index is 12.6. The summed E-state index contributed by atoms with van der Waals surface area (Å²) in [7, 11) is 0. The molecule has 1 aromatic heterocycles. The largest absolute Gasteiger partial charge is 0.370 e. The van der Waals surface area contributed by atoms with Crippen LogP contribution in [-0.4, -0.2) is 47.1 Å². The van der Waals surface area contributed by atoms with Crippen LogP contribution in [-0.2, 0) is 16.1 Å². The van der Waals surface area contributed by atoms with Gasteiger partial charge in [0.05, 0.1) is 17.4 Å². The van der Waals surface area contributed by atoms with Crippen LogP contribution in [0, 0.1) is 16.7 Å². The Balaban J connectivity index is 1.22. The van der Waals surface area contributed by atoms with Gasteiger partial charge in [0, 0.05) is 38.3 Å². The summed E-state index contributed by atoms with van der Waals surface area (Å²) in [4.78, 5) is 19.5. The first-order valence-electron chi connectivity index (χ1n) is 10.8. The summed E-state index contributed by atoms with van der Waals surface area (Å²) in [5, 5.41) is 3.18. The van der Waals surface area contributed by atoms with Crippen LogP contribution < -0.4 is 5.32 Å². The van der Waals surface area contributed by atoms with E-state index in [0.717, 1.165) is 51.0 Å². The summed E-state index contributed by atoms with van der Waals surface area (Å²) in [6.07, 6.45) is 6.35. The van der Waals surface area contributed by atoms with Crippen LogP contribution in [0.3, 0.4) is 0 Å². The summed E-state index contributed by atoms with van der Waals surface area (Å²) in [5.74, 6) is 0.315. The third-order valence-electron chi connectivity index (χ3n) is 8.00. The van der Waals surface area contributed by atoms with Crippen LogP contribution in [0.4, 0.5) is 0 Å². The van der Waals surface area contributed by atoms with E-state index in [0.29, 0.717) is 6.54 Å². The van der Waals surface area contributed by atoms with E-state index in [2.05, 4.69) is 55.0 Å². The van der Waals surface area contributed by atoms with Crippen molar-refractivity contribution in [3.05, 3.63) is 30.1 Å². The van der Waals surface area contributed by atoms with Crippen molar-refractivity contribution in [2.45, 2.75) is 71.6 Å². The smallest absolute Gasteiger partial charge is 0.224 e. The first-order chi connectivity index (χ1) is 13.2. The molecule has 2 saturated heterocycles. The van der Waals surface area contributed by atoms with Crippen LogP contribution in [0.1, 0.15) is 59.1 Å². The third-order valence-corrected chi connectivity index (χ3v) is 8.00. The lowest BCUT2D eigenvalue weighted by Crippen LogP contribution is -2.45. The Kier molecular flexibility index (Phi) is 5.03. The van der Waals surface area contributed by atoms with Gasteiger partial charge in [-0.15, -0.1) is 0 Å². The monoisotopic (exact) mass is 385 g/mol. The SMILES string of the molecule is CC1(C)C(C(=O)NCC2CCC3(CCN(Cc4ccccn4)CC3)O2)C1(C)C. The minimum atomic E-state index is 0.0220. The fourth-order valence-corrected chi connectivity index (χ4v) is 5.41. The number of amides is 1. The summed E-state index contributed by atoms with van der Waals surface area (Å²) < 4.78 is 6.49. The molecule has 28 heavy (non-hydrogen) atoms. The number of likely N-dealkylation sites (tertiary alicyclic amines) is 1. The number of aromatic nitrogens is 1. The molecule has 4 rings (SSSR count). The highest BCUT2D eigenvalue weighted by Gasteiger charge is 2.68. The van der Waals surface area contributed by atoms with Gasteiger partial charge in [0.2, 0.25) is 5.91 Å². The predicted octanol–water partition coefficient (Wildman–Crippen LogP) is 3.39. The molecular weight excluding hydrogens is 350 g/mol. The second kappa shape index (κ2) is 7.10. The minimum Gasteiger partial charge on any atom is -0.370 e. The van der Waals surface area contributed by atoms with E-state index in [9.17, 15) is 4.79 Å². The second-order valence-corrected chi connectivity index (χ2v) is 10.2. The number of pyridine rings is 1. The van der Waals surface area contributed by atoms with E-state index in [-0.39, 0.29) is 34.4 Å². The summed E-state index contributed by atoms with van der Waals surface area (Å²) in [6.45, 7) is 12.5. The van der Waals surface area contributed by atoms with Crippen molar-refractivity contribution < 1.29 is 9.53 Å². The molecule has 0 bridgehead atoms. The molecule has 1 atom stereocenters. The zero-order valence-electron chi connectivity index (χ0n) is 17.8. The van der Waals surface area contributed by atoms with Gasteiger partial charge in [0.1, 0.15) is 0 Å². The molecule has 1 amide bonds. The molecular formula is C23H35N3O2. The maximum Gasteiger partial charge on any atom is 0.224 e. The standard InChI is InChI=1S/C23H35N3O2/c1-21(2)19(22(21,3)4)20(27)25-15-18-8-9-23(28-18)10-13-26(14-11-23)16-17-7-5-6-12-24-17/h5-7,12,18-19H,8-11,13-16H2,1-4H3,(H,25,27). The Morgan fingerprint density at radius 3 is 2.50 bits per heavy atom. The molecule has 1 saturated carbocycles. The molecule has 1 aliphatic carbocycles. The first-order valence-corrected chi connectivity index (χ1v) is 10.8. The van der Waals surface area contributed by atoms with Gasteiger partial charge in [-0.25, -0.2) is 0 Å². The van der Waals surface area contributed by atoms with Crippen molar-refractivity contribution >= 4 is 5.91 Å². The molecule has 3 heterocycles. The zero-order chi connectivity index (χ0) is 20.0. The van der Waals surface area contributed by atoms with Gasteiger partial charge in [-0.05, 0) is 48.6 Å². The van der Waals surface area contributed by atoms with Crippen molar-refractivity contribution in [2.24, 2.45) is 16.7 Å². The van der Waals surface area contributed by atoms with E-state index < -0.39 is 0 Å². The minimum absolute atomic E-state index is 0.0220. The molecule has 154 valence electrons. The van der Waals surface area contributed by atoms with Crippen LogP contribution in [0.5, 0.6) is 0 Å². The first kappa shape index (κ1) is 19.8. The summed E-state index contributed by atoms with van der Waals surface area (Å²) in [5.41, 5.74) is 1.34. The fraction of sp³-hybridized carbons (Fsp3) is 0.739. The van der Waals surface area contributed by atoms with Crippen LogP contribution in [0.15, 0.2) is 24.4 Å². The lowest BCUT2D eigenvalue weighted by molar-refractivity contribution is -0.125. The normalized spacial score (nSPS) is 28.4. The topological polar surface area (TPSA) is 54.5 Å². The van der Waals surface area contributed by atoms with Gasteiger partial charge in [-0.2, -0.15) is 0 Å². The Labute approximate surface area is 169 Å². The van der Waals surface area contributed by atoms with E-state index in [4.69, 9.17) is 4.74 Å². The molecule has 0 radical (unpaired) electrons. The molecule has 3 aliphatic rings. The van der Waals surface area contributed by atoms with E-state index in [1.165, 1.54) is 0 Å². The lowest BCUT2D eigenvalue weighted by Gasteiger charge is -2.39. The number of nitrogens with zero attached hydrogens (tertiary/aromatic N) is 2. The number of ether oxygens (including phenoxy) is 1. The van der Waals surface area contributed by atoms with Crippen LogP contribution in [0.25, 0.3) is 0 Å². The van der Waals surface area contributed by atoms with Crippen molar-refractivity contribution in [3.8, 4) is 0 Å². The lowest BCUT2D eigenvalue weighted by atomic mass is 9.88. The summed E-state index contributed by atoms with van der Waals surface area (Å²) >= 11 is 0. The van der Waals surface area contributed by atoms with E-state index in [1.807, 2.05) is 12.3 Å². The average Bonchev–Trinajstić information content (AvgIpc) is 2.93. The second-order valence-electron chi connectivity index (χ2n) is 10.2. The predicted molar refractivity (Wildman–Crippen MR) is 110 cm³/mol. The van der Waals surface area contributed by atoms with Gasteiger partial charge in [0.25, 0.3) is 0 Å². The number of piperidine rings is 1. The molecule has 1 aromatic rings. The molecule has 0 aromatic carbocycles. The molecule has 5 nitrogen and oxygen atoms in total. The van der Waals surface area contributed by atoms with Gasteiger partial charge in [0.15, 0.2) is 0 Å². The number of hydrogen-bond donors (Lipinski definition) is 1. The highest BCUT2D eigenvalue weighted by Crippen LogP contribution is 2.68. The molecule has 3 fully saturated rings. The molecule has 1 spiro atoms. The molecule has 5 heteroatoms. The number of rotatable bonds is 5. The van der Waals surface area contributed by atoms with Gasteiger partial charge in [-0.1, -0.05) is 33.8 Å². The Morgan fingerprint density at radius 2 is 1.89 bits per heavy atom. The fourth-order valence-electron chi connectivity index (χ4n) is 5.41. The third kappa shape index (κ3) is 3.59. The van der Waals surface area contributed by atoms with Crippen molar-refractivity contribution in [3.63, 3.8) is 0 Å². The van der Waals surface area contributed by atoms with E-state index in [1.54, 1.807) is 0 Å². The molecule has 2 aliphatic heterocycles. The summed E-state index contributed by atoms with van der Waals surface area (Å²) in [6, 6.07) is 6.11. The van der Waals surface area contributed by atoms with Crippen molar-refractivity contribution in [1.29, 1.82) is 0 Å². The number of carbonyl (C=O) groups is 1. The van der Waals surface area contributed by atoms with Gasteiger partial charge in [-0.3, -0.25) is 14.7 Å². The van der Waals surface area contributed by atoms with Crippen molar-refractivity contribution in [1.82, 2.24) is 15.2 Å². The van der Waals surface area contributed by atoms with Gasteiger partial charge >= 0.3 is 0 Å². The highest BCUT2D eigenvalue weighted by molar-refractivity contribution is 5.84. The highest BCUT2D eigenvalue weighted by atomic mass is 16.5. The zero-order valence-corrected chi connectivity index (χ0v) is 17.8. The van der Waals surface area contributed by atoms with Crippen molar-refractivity contribution in [2.75, 3.05) is 19.6 Å². The quantitative estimate of drug-likeness (QED) is 0.844. The van der Waals surface area contributed by atoms with Crippen LogP contribution in [0.2, 0.25) is 0 Å². The number of nitrogens with one attached hydrogen (secondary N) is 1. The Bertz CT molecular complexity index is 694. The Morgan fingerprint density at radius 1 is 1.18 bits per heavy atom. The number of hydrogen-bond acceptors (Lipinski definition) is 4. The Hall–Kier alpha value is -1.46. The molecule has 1 N–H and O–H groups in total. The molecule has 1 unspecified atom stereocenters. The van der Waals surface area contributed by atoms with Crippen LogP contribution >= 0.6 is 0 Å². The van der Waals surface area contributed by atoms with Gasteiger partial charge < -0.3 is 10.1 Å². The maximum atomic E-state index is 12.6. The van der Waals surface area contributed by atoms with E-state index >= 15 is 0 Å². The average molecular weight is 386 g/mol. The number of carbonyl (C=O) groups excluding carboxylic acids is 1.